The summed E-state index contributed by atoms with van der Waals surface area (Å²) in [6, 6.07) is 1.99. The molecule has 2 rings (SSSR count). The molecule has 0 unspecified atom stereocenters. The minimum Gasteiger partial charge on any atom is -0.360 e. The van der Waals surface area contributed by atoms with Crippen molar-refractivity contribution in [2.75, 3.05) is 5.32 Å². The quantitative estimate of drug-likeness (QED) is 0.630. The maximum Gasteiger partial charge on any atom is 0.334 e. The van der Waals surface area contributed by atoms with Crippen LogP contribution in [0.25, 0.3) is 0 Å². The number of anilines is 1. The van der Waals surface area contributed by atoms with Gasteiger partial charge in [-0.2, -0.15) is 5.10 Å². The van der Waals surface area contributed by atoms with E-state index < -0.39 is 0 Å². The summed E-state index contributed by atoms with van der Waals surface area (Å²) >= 11 is 4.99. The van der Waals surface area contributed by atoms with Gasteiger partial charge >= 0.3 is 5.69 Å². The predicted molar refractivity (Wildman–Crippen MR) is 83.2 cm³/mol. The molecule has 0 aliphatic rings. The highest BCUT2D eigenvalue weighted by Crippen LogP contribution is 2.30. The first-order valence-electron chi connectivity index (χ1n) is 6.20. The molecule has 1 N–H and O–H groups in total. The van der Waals surface area contributed by atoms with E-state index in [1.807, 2.05) is 18.4 Å². The summed E-state index contributed by atoms with van der Waals surface area (Å²) in [5, 5.41) is 20.6. The van der Waals surface area contributed by atoms with Crippen molar-refractivity contribution in [2.24, 2.45) is 7.05 Å². The number of nitro groups is 1. The Hall–Kier alpha value is -1.41. The largest absolute Gasteiger partial charge is 0.360 e. The van der Waals surface area contributed by atoms with Gasteiger partial charge in [0.1, 0.15) is 5.69 Å². The average Bonchev–Trinajstić information content (AvgIpc) is 2.91. The zero-order chi connectivity index (χ0) is 14.7. The van der Waals surface area contributed by atoms with Crippen molar-refractivity contribution in [3.05, 3.63) is 36.6 Å². The molecule has 0 saturated heterocycles. The van der Waals surface area contributed by atoms with Crippen LogP contribution in [0.5, 0.6) is 0 Å². The highest BCUT2D eigenvalue weighted by atomic mass is 79.9. The molecule has 0 atom stereocenters. The Morgan fingerprint density at radius 1 is 1.60 bits per heavy atom. The number of hydrogen-bond acceptors (Lipinski definition) is 5. The minimum atomic E-state index is -0.356. The number of hydrogen-bond donors (Lipinski definition) is 1. The van der Waals surface area contributed by atoms with Gasteiger partial charge in [-0.05, 0) is 28.4 Å². The normalized spacial score (nSPS) is 10.8. The van der Waals surface area contributed by atoms with Crippen LogP contribution in [0.4, 0.5) is 11.5 Å². The lowest BCUT2D eigenvalue weighted by atomic mass is 10.2. The van der Waals surface area contributed by atoms with Gasteiger partial charge < -0.3 is 5.32 Å². The number of nitrogens with zero attached hydrogens (tertiary/aromatic N) is 3. The van der Waals surface area contributed by atoms with Gasteiger partial charge in [-0.25, -0.2) is 4.68 Å². The Morgan fingerprint density at radius 2 is 2.35 bits per heavy atom. The summed E-state index contributed by atoms with van der Waals surface area (Å²) in [4.78, 5) is 12.0. The molecule has 0 bridgehead atoms. The van der Waals surface area contributed by atoms with Crippen LogP contribution < -0.4 is 5.32 Å². The lowest BCUT2D eigenvalue weighted by molar-refractivity contribution is -0.384. The second-order valence-corrected chi connectivity index (χ2v) is 6.27. The van der Waals surface area contributed by atoms with Gasteiger partial charge in [0.25, 0.3) is 0 Å². The zero-order valence-corrected chi connectivity index (χ0v) is 13.6. The van der Waals surface area contributed by atoms with Crippen LogP contribution in [0.15, 0.2) is 15.9 Å². The van der Waals surface area contributed by atoms with Crippen molar-refractivity contribution >= 4 is 38.8 Å². The fourth-order valence-electron chi connectivity index (χ4n) is 1.98. The maximum absolute atomic E-state index is 11.3. The fraction of sp³-hybridized carbons (Fsp3) is 0.417. The third kappa shape index (κ3) is 3.18. The lowest BCUT2D eigenvalue weighted by Gasteiger charge is -2.04. The first-order valence-corrected chi connectivity index (χ1v) is 7.87. The molecule has 0 radical (unpaired) electrons. The summed E-state index contributed by atoms with van der Waals surface area (Å²) in [5.74, 6) is 0.461. The molecule has 2 aromatic heterocycles. The van der Waals surface area contributed by atoms with Gasteiger partial charge in [0, 0.05) is 21.8 Å². The van der Waals surface area contributed by atoms with E-state index in [0.29, 0.717) is 24.5 Å². The molecule has 0 amide bonds. The van der Waals surface area contributed by atoms with E-state index >= 15 is 0 Å². The number of thiophene rings is 1. The van der Waals surface area contributed by atoms with E-state index in [2.05, 4.69) is 26.3 Å². The van der Waals surface area contributed by atoms with E-state index in [4.69, 9.17) is 0 Å². The number of aryl methyl sites for hydroxylation is 2. The van der Waals surface area contributed by atoms with E-state index in [9.17, 15) is 10.1 Å². The molecule has 0 aliphatic carbocycles. The highest BCUT2D eigenvalue weighted by Gasteiger charge is 2.25. The lowest BCUT2D eigenvalue weighted by Crippen LogP contribution is -2.05. The van der Waals surface area contributed by atoms with Crippen LogP contribution in [0.1, 0.15) is 23.9 Å². The number of aromatic nitrogens is 2. The van der Waals surface area contributed by atoms with Crippen LogP contribution in [0.3, 0.4) is 0 Å². The van der Waals surface area contributed by atoms with E-state index in [1.54, 1.807) is 23.1 Å². The molecule has 0 spiro atoms. The minimum absolute atomic E-state index is 0.0879. The summed E-state index contributed by atoms with van der Waals surface area (Å²) in [7, 11) is 1.72. The van der Waals surface area contributed by atoms with Crippen LogP contribution in [0.2, 0.25) is 0 Å². The average molecular weight is 359 g/mol. The Balaban J connectivity index is 2.23. The Bertz CT molecular complexity index is 623. The zero-order valence-electron chi connectivity index (χ0n) is 11.2. The van der Waals surface area contributed by atoms with Crippen molar-refractivity contribution < 1.29 is 4.92 Å². The van der Waals surface area contributed by atoms with Crippen LogP contribution in [-0.2, 0) is 20.0 Å². The van der Waals surface area contributed by atoms with Crippen LogP contribution in [-0.4, -0.2) is 14.7 Å². The van der Waals surface area contributed by atoms with Crippen molar-refractivity contribution in [3.63, 3.8) is 0 Å². The Morgan fingerprint density at radius 3 is 2.90 bits per heavy atom. The number of rotatable bonds is 6. The maximum atomic E-state index is 11.3. The number of nitrogens with one attached hydrogen (secondary N) is 1. The topological polar surface area (TPSA) is 73.0 Å². The van der Waals surface area contributed by atoms with Crippen molar-refractivity contribution in [1.29, 1.82) is 0 Å². The summed E-state index contributed by atoms with van der Waals surface area (Å²) in [6.07, 6.45) is 1.44. The standard InChI is InChI=1S/C12H15BrN4O2S/c1-3-4-10-11(17(18)19)12(16(2)15-10)14-6-9-5-8(13)7-20-9/h5,7,14H,3-4,6H2,1-2H3. The van der Waals surface area contributed by atoms with Gasteiger partial charge in [0.2, 0.25) is 5.82 Å². The molecule has 0 saturated carbocycles. The fourth-order valence-corrected chi connectivity index (χ4v) is 3.37. The second-order valence-electron chi connectivity index (χ2n) is 4.36. The molecule has 0 aromatic carbocycles. The van der Waals surface area contributed by atoms with Gasteiger partial charge in [0.15, 0.2) is 0 Å². The first kappa shape index (κ1) is 15.0. The molecule has 20 heavy (non-hydrogen) atoms. The van der Waals surface area contributed by atoms with Gasteiger partial charge in [-0.15, -0.1) is 11.3 Å². The van der Waals surface area contributed by atoms with Crippen LogP contribution >= 0.6 is 27.3 Å². The van der Waals surface area contributed by atoms with Crippen molar-refractivity contribution in [2.45, 2.75) is 26.3 Å². The number of halogens is 1. The SMILES string of the molecule is CCCc1nn(C)c(NCc2cc(Br)cs2)c1[N+](=O)[O-]. The van der Waals surface area contributed by atoms with E-state index in [1.165, 1.54) is 0 Å². The summed E-state index contributed by atoms with van der Waals surface area (Å²) < 4.78 is 2.57. The first-order chi connectivity index (χ1) is 9.52. The molecule has 6 nitrogen and oxygen atoms in total. The van der Waals surface area contributed by atoms with Crippen molar-refractivity contribution in [1.82, 2.24) is 9.78 Å². The molecule has 2 heterocycles. The molecule has 0 fully saturated rings. The predicted octanol–water partition coefficient (Wildman–Crippen LogP) is 3.72. The van der Waals surface area contributed by atoms with Gasteiger partial charge in [0.05, 0.1) is 11.5 Å². The van der Waals surface area contributed by atoms with E-state index in [0.717, 1.165) is 15.8 Å². The smallest absolute Gasteiger partial charge is 0.334 e. The molecular formula is C12H15BrN4O2S. The second kappa shape index (κ2) is 6.36. The van der Waals surface area contributed by atoms with Crippen molar-refractivity contribution in [3.8, 4) is 0 Å². The third-order valence-electron chi connectivity index (χ3n) is 2.81. The molecule has 2 aromatic rings. The van der Waals surface area contributed by atoms with Crippen LogP contribution in [0, 0.1) is 10.1 Å². The highest BCUT2D eigenvalue weighted by molar-refractivity contribution is 9.10. The van der Waals surface area contributed by atoms with Gasteiger partial charge in [-0.1, -0.05) is 13.3 Å². The Labute approximate surface area is 129 Å². The Kier molecular flexibility index (Phi) is 4.77. The third-order valence-corrected chi connectivity index (χ3v) is 4.51. The van der Waals surface area contributed by atoms with Gasteiger partial charge in [-0.3, -0.25) is 10.1 Å². The molecule has 0 aliphatic heterocycles. The van der Waals surface area contributed by atoms with E-state index in [-0.39, 0.29) is 10.6 Å². The monoisotopic (exact) mass is 358 g/mol. The molecule has 8 heteroatoms. The molecular weight excluding hydrogens is 344 g/mol. The summed E-state index contributed by atoms with van der Waals surface area (Å²) in [6.45, 7) is 2.52. The summed E-state index contributed by atoms with van der Waals surface area (Å²) in [5.41, 5.74) is 0.625. The molecule has 108 valence electrons.